The summed E-state index contributed by atoms with van der Waals surface area (Å²) in [6, 6.07) is 6.07. The second kappa shape index (κ2) is 5.81. The maximum atomic E-state index is 5.73. The van der Waals surface area contributed by atoms with Crippen LogP contribution in [0.5, 0.6) is 0 Å². The lowest BCUT2D eigenvalue weighted by atomic mass is 10.2. The molecule has 0 aliphatic heterocycles. The number of nitrogens with one attached hydrogen (secondary N) is 1. The van der Waals surface area contributed by atoms with E-state index < -0.39 is 0 Å². The van der Waals surface area contributed by atoms with Gasteiger partial charge < -0.3 is 11.1 Å². The molecule has 0 radical (unpaired) electrons. The van der Waals surface area contributed by atoms with Gasteiger partial charge in [-0.05, 0) is 49.1 Å². The first-order valence-corrected chi connectivity index (χ1v) is 6.22. The predicted molar refractivity (Wildman–Crippen MR) is 67.1 cm³/mol. The summed E-state index contributed by atoms with van der Waals surface area (Å²) in [7, 11) is 0. The Morgan fingerprint density at radius 1 is 1.43 bits per heavy atom. The molecule has 1 aromatic rings. The molecule has 1 aromatic carbocycles. The zero-order valence-electron chi connectivity index (χ0n) is 8.84. The summed E-state index contributed by atoms with van der Waals surface area (Å²) in [5.41, 5.74) is 8.90. The first kappa shape index (κ1) is 11.2. The molecule has 0 aliphatic rings. The van der Waals surface area contributed by atoms with E-state index in [1.165, 1.54) is 12.2 Å². The number of benzene rings is 1. The molecule has 0 unspecified atom stereocenters. The minimum atomic E-state index is 0.861. The van der Waals surface area contributed by atoms with Crippen LogP contribution in [0.15, 0.2) is 18.2 Å². The molecular formula is C11H18N2S. The summed E-state index contributed by atoms with van der Waals surface area (Å²) in [5.74, 6) is 1.21. The van der Waals surface area contributed by atoms with E-state index in [0.29, 0.717) is 0 Å². The van der Waals surface area contributed by atoms with Crippen molar-refractivity contribution in [2.45, 2.75) is 13.3 Å². The first-order chi connectivity index (χ1) is 6.74. The van der Waals surface area contributed by atoms with Gasteiger partial charge in [0.25, 0.3) is 0 Å². The molecule has 3 heteroatoms. The van der Waals surface area contributed by atoms with Crippen LogP contribution in [-0.4, -0.2) is 18.6 Å². The van der Waals surface area contributed by atoms with Crippen molar-refractivity contribution in [1.82, 2.24) is 0 Å². The third kappa shape index (κ3) is 3.50. The van der Waals surface area contributed by atoms with Crippen molar-refractivity contribution in [3.8, 4) is 0 Å². The van der Waals surface area contributed by atoms with E-state index in [0.717, 1.165) is 23.5 Å². The number of thioether (sulfide) groups is 1. The lowest BCUT2D eigenvalue weighted by molar-refractivity contribution is 0.993. The van der Waals surface area contributed by atoms with Gasteiger partial charge in [-0.25, -0.2) is 0 Å². The summed E-state index contributed by atoms with van der Waals surface area (Å²) in [4.78, 5) is 0. The molecule has 0 bridgehead atoms. The Hall–Kier alpha value is -0.830. The van der Waals surface area contributed by atoms with Crippen LogP contribution < -0.4 is 11.1 Å². The highest BCUT2D eigenvalue weighted by atomic mass is 32.2. The van der Waals surface area contributed by atoms with Crippen LogP contribution in [0.2, 0.25) is 0 Å². The van der Waals surface area contributed by atoms with E-state index in [4.69, 9.17) is 5.73 Å². The van der Waals surface area contributed by atoms with E-state index in [-0.39, 0.29) is 0 Å². The normalized spacial score (nSPS) is 10.1. The average Bonchev–Trinajstić information content (AvgIpc) is 2.18. The summed E-state index contributed by atoms with van der Waals surface area (Å²) < 4.78 is 0. The van der Waals surface area contributed by atoms with Gasteiger partial charge in [-0.3, -0.25) is 0 Å². The maximum Gasteiger partial charge on any atom is 0.0345 e. The number of aryl methyl sites for hydroxylation is 1. The van der Waals surface area contributed by atoms with Crippen LogP contribution in [0.4, 0.5) is 11.4 Å². The molecule has 1 rings (SSSR count). The van der Waals surface area contributed by atoms with Gasteiger partial charge >= 0.3 is 0 Å². The van der Waals surface area contributed by atoms with Crippen LogP contribution in [0.25, 0.3) is 0 Å². The van der Waals surface area contributed by atoms with Crippen LogP contribution in [0.1, 0.15) is 12.0 Å². The molecule has 3 N–H and O–H groups in total. The largest absolute Gasteiger partial charge is 0.399 e. The molecule has 2 nitrogen and oxygen atoms in total. The summed E-state index contributed by atoms with van der Waals surface area (Å²) in [6.45, 7) is 3.06. The molecule has 0 heterocycles. The van der Waals surface area contributed by atoms with E-state index >= 15 is 0 Å². The van der Waals surface area contributed by atoms with Gasteiger partial charge in [0.1, 0.15) is 0 Å². The topological polar surface area (TPSA) is 38.0 Å². The number of hydrogen-bond acceptors (Lipinski definition) is 3. The molecule has 0 aliphatic carbocycles. The van der Waals surface area contributed by atoms with Gasteiger partial charge in [0.05, 0.1) is 0 Å². The van der Waals surface area contributed by atoms with Crippen molar-refractivity contribution in [3.63, 3.8) is 0 Å². The number of rotatable bonds is 5. The molecule has 0 spiro atoms. The lowest BCUT2D eigenvalue weighted by Crippen LogP contribution is -2.03. The number of nitrogen functional groups attached to an aromatic ring is 1. The first-order valence-electron chi connectivity index (χ1n) is 4.83. The van der Waals surface area contributed by atoms with Gasteiger partial charge in [-0.2, -0.15) is 11.8 Å². The van der Waals surface area contributed by atoms with Gasteiger partial charge in [0.15, 0.2) is 0 Å². The Balaban J connectivity index is 2.39. The Bertz CT molecular complexity index is 287. The van der Waals surface area contributed by atoms with E-state index in [1.54, 1.807) is 0 Å². The van der Waals surface area contributed by atoms with Gasteiger partial charge in [-0.1, -0.05) is 0 Å². The molecule has 0 fully saturated rings. The molecule has 0 saturated heterocycles. The van der Waals surface area contributed by atoms with Crippen molar-refractivity contribution in [1.29, 1.82) is 0 Å². The molecular weight excluding hydrogens is 192 g/mol. The Labute approximate surface area is 90.3 Å². The van der Waals surface area contributed by atoms with Crippen LogP contribution >= 0.6 is 11.8 Å². The van der Waals surface area contributed by atoms with Crippen molar-refractivity contribution in [2.24, 2.45) is 0 Å². The quantitative estimate of drug-likeness (QED) is 0.579. The van der Waals surface area contributed by atoms with E-state index in [9.17, 15) is 0 Å². The number of hydrogen-bond donors (Lipinski definition) is 2. The Morgan fingerprint density at radius 3 is 2.86 bits per heavy atom. The fourth-order valence-electron chi connectivity index (χ4n) is 1.23. The fraction of sp³-hybridized carbons (Fsp3) is 0.455. The van der Waals surface area contributed by atoms with Gasteiger partial charge in [0, 0.05) is 17.9 Å². The van der Waals surface area contributed by atoms with Crippen molar-refractivity contribution < 1.29 is 0 Å². The molecule has 0 atom stereocenters. The Kier molecular flexibility index (Phi) is 4.66. The predicted octanol–water partition coefficient (Wildman–Crippen LogP) is 2.74. The van der Waals surface area contributed by atoms with Gasteiger partial charge in [-0.15, -0.1) is 0 Å². The average molecular weight is 210 g/mol. The second-order valence-electron chi connectivity index (χ2n) is 3.34. The summed E-state index contributed by atoms with van der Waals surface area (Å²) >= 11 is 1.88. The van der Waals surface area contributed by atoms with E-state index in [1.807, 2.05) is 30.8 Å². The highest BCUT2D eigenvalue weighted by molar-refractivity contribution is 7.98. The minimum Gasteiger partial charge on any atom is -0.399 e. The minimum absolute atomic E-state index is 0.861. The summed E-state index contributed by atoms with van der Waals surface area (Å²) in [6.07, 6.45) is 3.33. The lowest BCUT2D eigenvalue weighted by Gasteiger charge is -2.07. The second-order valence-corrected chi connectivity index (χ2v) is 4.33. The molecule has 0 amide bonds. The zero-order chi connectivity index (χ0) is 10.4. The standard InChI is InChI=1S/C11H18N2S/c1-9-8-10(4-5-11(9)12)13-6-3-7-14-2/h4-5,8,13H,3,6-7,12H2,1-2H3. The highest BCUT2D eigenvalue weighted by Gasteiger charge is 1.95. The fourth-order valence-corrected chi connectivity index (χ4v) is 1.67. The van der Waals surface area contributed by atoms with Gasteiger partial charge in [0.2, 0.25) is 0 Å². The Morgan fingerprint density at radius 2 is 2.21 bits per heavy atom. The third-order valence-corrected chi connectivity index (χ3v) is 2.82. The third-order valence-electron chi connectivity index (χ3n) is 2.12. The SMILES string of the molecule is CSCCCNc1ccc(N)c(C)c1. The smallest absolute Gasteiger partial charge is 0.0345 e. The van der Waals surface area contributed by atoms with Crippen molar-refractivity contribution in [2.75, 3.05) is 29.6 Å². The van der Waals surface area contributed by atoms with Crippen molar-refractivity contribution >= 4 is 23.1 Å². The summed E-state index contributed by atoms with van der Waals surface area (Å²) in [5, 5.41) is 3.38. The van der Waals surface area contributed by atoms with E-state index in [2.05, 4.69) is 17.6 Å². The maximum absolute atomic E-state index is 5.73. The van der Waals surface area contributed by atoms with Crippen LogP contribution in [-0.2, 0) is 0 Å². The van der Waals surface area contributed by atoms with Crippen LogP contribution in [0, 0.1) is 6.92 Å². The number of anilines is 2. The molecule has 14 heavy (non-hydrogen) atoms. The van der Waals surface area contributed by atoms with Crippen LogP contribution in [0.3, 0.4) is 0 Å². The van der Waals surface area contributed by atoms with Crippen molar-refractivity contribution in [3.05, 3.63) is 23.8 Å². The number of nitrogens with two attached hydrogens (primary N) is 1. The molecule has 78 valence electrons. The molecule has 0 saturated carbocycles. The highest BCUT2D eigenvalue weighted by Crippen LogP contribution is 2.16. The molecule has 0 aromatic heterocycles. The zero-order valence-corrected chi connectivity index (χ0v) is 9.66. The monoisotopic (exact) mass is 210 g/mol.